The van der Waals surface area contributed by atoms with E-state index in [-0.39, 0.29) is 30.6 Å². The Balaban J connectivity index is 1.65. The van der Waals surface area contributed by atoms with Crippen LogP contribution in [0.2, 0.25) is 0 Å². The van der Waals surface area contributed by atoms with Crippen LogP contribution in [0.4, 0.5) is 4.79 Å². The minimum atomic E-state index is -0.267. The number of aliphatic hydroxyl groups is 1. The van der Waals surface area contributed by atoms with Gasteiger partial charge in [-0.25, -0.2) is 4.79 Å². The third-order valence-electron chi connectivity index (χ3n) is 4.80. The van der Waals surface area contributed by atoms with Crippen LogP contribution < -0.4 is 5.32 Å². The van der Waals surface area contributed by atoms with Gasteiger partial charge in [-0.1, -0.05) is 30.5 Å². The van der Waals surface area contributed by atoms with Crippen LogP contribution in [-0.2, 0) is 0 Å². The molecule has 6 heteroatoms. The van der Waals surface area contributed by atoms with Gasteiger partial charge in [-0.3, -0.25) is 9.69 Å². The summed E-state index contributed by atoms with van der Waals surface area (Å²) in [5, 5.41) is 12.2. The SMILES string of the molecule is Cc1ccc(C(=O)N2C(=O)N[C@H]3[C@H]2CS[C@@H]3CCCCCO)cc1. The molecule has 0 unspecified atom stereocenters. The van der Waals surface area contributed by atoms with Crippen LogP contribution in [0.25, 0.3) is 0 Å². The number of nitrogens with zero attached hydrogens (tertiary/aromatic N) is 1. The highest BCUT2D eigenvalue weighted by molar-refractivity contribution is 8.00. The summed E-state index contributed by atoms with van der Waals surface area (Å²) in [6, 6.07) is 7.08. The van der Waals surface area contributed by atoms with Gasteiger partial charge in [0, 0.05) is 23.2 Å². The van der Waals surface area contributed by atoms with Gasteiger partial charge in [0.05, 0.1) is 12.1 Å². The Morgan fingerprint density at radius 1 is 1.29 bits per heavy atom. The van der Waals surface area contributed by atoms with Gasteiger partial charge in [0.2, 0.25) is 0 Å². The quantitative estimate of drug-likeness (QED) is 0.612. The van der Waals surface area contributed by atoms with Crippen LogP contribution in [0.3, 0.4) is 0 Å². The summed E-state index contributed by atoms with van der Waals surface area (Å²) in [6.45, 7) is 2.21. The van der Waals surface area contributed by atoms with Crippen molar-refractivity contribution in [2.45, 2.75) is 49.9 Å². The smallest absolute Gasteiger partial charge is 0.325 e. The molecule has 0 bridgehead atoms. The highest BCUT2D eigenvalue weighted by atomic mass is 32.2. The fourth-order valence-corrected chi connectivity index (χ4v) is 5.03. The maximum atomic E-state index is 12.7. The monoisotopic (exact) mass is 348 g/mol. The highest BCUT2D eigenvalue weighted by Crippen LogP contribution is 2.37. The third kappa shape index (κ3) is 3.44. The van der Waals surface area contributed by atoms with Crippen LogP contribution in [0.1, 0.15) is 41.6 Å². The van der Waals surface area contributed by atoms with Crippen molar-refractivity contribution >= 4 is 23.7 Å². The summed E-state index contributed by atoms with van der Waals surface area (Å²) in [6.07, 6.45) is 3.89. The summed E-state index contributed by atoms with van der Waals surface area (Å²) in [7, 11) is 0. The van der Waals surface area contributed by atoms with Gasteiger partial charge in [0.25, 0.3) is 5.91 Å². The number of benzene rings is 1. The molecule has 3 amide bonds. The number of hydrogen-bond donors (Lipinski definition) is 2. The number of rotatable bonds is 6. The Morgan fingerprint density at radius 2 is 2.04 bits per heavy atom. The molecule has 1 aromatic rings. The predicted octanol–water partition coefficient (Wildman–Crippen LogP) is 2.57. The zero-order chi connectivity index (χ0) is 17.1. The zero-order valence-corrected chi connectivity index (χ0v) is 14.7. The summed E-state index contributed by atoms with van der Waals surface area (Å²) >= 11 is 1.84. The summed E-state index contributed by atoms with van der Waals surface area (Å²) in [5.41, 5.74) is 1.66. The van der Waals surface area contributed by atoms with Crippen molar-refractivity contribution in [1.82, 2.24) is 10.2 Å². The molecule has 3 rings (SSSR count). The van der Waals surface area contributed by atoms with E-state index in [4.69, 9.17) is 5.11 Å². The minimum absolute atomic E-state index is 0.0472. The molecule has 3 atom stereocenters. The van der Waals surface area contributed by atoms with Crippen molar-refractivity contribution in [3.8, 4) is 0 Å². The van der Waals surface area contributed by atoms with Crippen molar-refractivity contribution in [3.63, 3.8) is 0 Å². The van der Waals surface area contributed by atoms with E-state index in [9.17, 15) is 9.59 Å². The lowest BCUT2D eigenvalue weighted by Gasteiger charge is -2.20. The van der Waals surface area contributed by atoms with E-state index in [1.807, 2.05) is 30.8 Å². The highest BCUT2D eigenvalue weighted by Gasteiger charge is 2.50. The minimum Gasteiger partial charge on any atom is -0.396 e. The molecule has 0 aromatic heterocycles. The Kier molecular flexibility index (Phi) is 5.46. The molecule has 5 nitrogen and oxygen atoms in total. The second-order valence-electron chi connectivity index (χ2n) is 6.53. The number of thioether (sulfide) groups is 1. The number of imide groups is 1. The number of unbranched alkanes of at least 4 members (excludes halogenated alkanes) is 2. The second-order valence-corrected chi connectivity index (χ2v) is 7.80. The van der Waals surface area contributed by atoms with Crippen LogP contribution in [0.5, 0.6) is 0 Å². The van der Waals surface area contributed by atoms with Crippen molar-refractivity contribution in [1.29, 1.82) is 0 Å². The number of hydrogen-bond acceptors (Lipinski definition) is 4. The fourth-order valence-electron chi connectivity index (χ4n) is 3.44. The Bertz CT molecular complexity index is 605. The van der Waals surface area contributed by atoms with Gasteiger partial charge in [0.15, 0.2) is 0 Å². The maximum Gasteiger partial charge on any atom is 0.325 e. The van der Waals surface area contributed by atoms with Crippen LogP contribution in [0, 0.1) is 6.92 Å². The van der Waals surface area contributed by atoms with E-state index in [2.05, 4.69) is 5.32 Å². The number of amides is 3. The van der Waals surface area contributed by atoms with Crippen LogP contribution in [-0.4, -0.2) is 51.6 Å². The lowest BCUT2D eigenvalue weighted by atomic mass is 10.0. The first-order chi connectivity index (χ1) is 11.6. The summed E-state index contributed by atoms with van der Waals surface area (Å²) in [5.74, 6) is 0.590. The Hall–Kier alpha value is -1.53. The molecule has 2 N–H and O–H groups in total. The lowest BCUT2D eigenvalue weighted by Crippen LogP contribution is -2.41. The van der Waals surface area contributed by atoms with Crippen molar-refractivity contribution < 1.29 is 14.7 Å². The number of carbonyl (C=O) groups is 2. The topological polar surface area (TPSA) is 69.6 Å². The maximum absolute atomic E-state index is 12.7. The van der Waals surface area contributed by atoms with Gasteiger partial charge < -0.3 is 10.4 Å². The molecule has 0 radical (unpaired) electrons. The molecule has 1 aromatic carbocycles. The lowest BCUT2D eigenvalue weighted by molar-refractivity contribution is 0.0790. The number of aliphatic hydroxyl groups excluding tert-OH is 1. The van der Waals surface area contributed by atoms with E-state index >= 15 is 0 Å². The van der Waals surface area contributed by atoms with Gasteiger partial charge in [-0.15, -0.1) is 0 Å². The Labute approximate surface area is 146 Å². The van der Waals surface area contributed by atoms with Crippen molar-refractivity contribution in [2.24, 2.45) is 0 Å². The molecule has 2 aliphatic heterocycles. The normalized spacial score (nSPS) is 25.7. The number of carbonyl (C=O) groups excluding carboxylic acids is 2. The van der Waals surface area contributed by atoms with Crippen LogP contribution in [0.15, 0.2) is 24.3 Å². The summed E-state index contributed by atoms with van der Waals surface area (Å²) in [4.78, 5) is 26.5. The summed E-state index contributed by atoms with van der Waals surface area (Å²) < 4.78 is 0. The molecular formula is C18H24N2O3S. The first-order valence-corrected chi connectivity index (χ1v) is 9.60. The molecular weight excluding hydrogens is 324 g/mol. The predicted molar refractivity (Wildman–Crippen MR) is 95.3 cm³/mol. The van der Waals surface area contributed by atoms with Gasteiger partial charge in [-0.05, 0) is 31.9 Å². The third-order valence-corrected chi connectivity index (χ3v) is 6.29. The average Bonchev–Trinajstić information content (AvgIpc) is 3.10. The zero-order valence-electron chi connectivity index (χ0n) is 13.9. The van der Waals surface area contributed by atoms with E-state index in [1.165, 1.54) is 4.90 Å². The number of nitrogens with one attached hydrogen (secondary N) is 1. The van der Waals surface area contributed by atoms with E-state index in [0.29, 0.717) is 10.8 Å². The molecule has 2 aliphatic rings. The molecule has 24 heavy (non-hydrogen) atoms. The molecule has 0 spiro atoms. The van der Waals surface area contributed by atoms with E-state index in [0.717, 1.165) is 37.0 Å². The molecule has 0 aliphatic carbocycles. The fraction of sp³-hybridized carbons (Fsp3) is 0.556. The molecule has 2 fully saturated rings. The van der Waals surface area contributed by atoms with Gasteiger partial charge in [-0.2, -0.15) is 11.8 Å². The first kappa shape index (κ1) is 17.3. The number of urea groups is 1. The standard InChI is InChI=1S/C18H24N2O3S/c1-12-6-8-13(9-7-12)17(22)20-14-11-24-15(5-3-2-4-10-21)16(14)19-18(20)23/h6-9,14-16,21H,2-5,10-11H2,1H3,(H,19,23)/t14-,15-,16+/m1/s1. The second kappa shape index (κ2) is 7.57. The van der Waals surface area contributed by atoms with E-state index in [1.54, 1.807) is 12.1 Å². The number of fused-ring (bicyclic) bond motifs is 1. The molecule has 0 saturated carbocycles. The largest absolute Gasteiger partial charge is 0.396 e. The van der Waals surface area contributed by atoms with Crippen molar-refractivity contribution in [2.75, 3.05) is 12.4 Å². The number of aryl methyl sites for hydroxylation is 1. The van der Waals surface area contributed by atoms with Gasteiger partial charge >= 0.3 is 6.03 Å². The first-order valence-electron chi connectivity index (χ1n) is 8.55. The Morgan fingerprint density at radius 3 is 2.75 bits per heavy atom. The molecule has 130 valence electrons. The molecule has 2 heterocycles. The van der Waals surface area contributed by atoms with E-state index < -0.39 is 0 Å². The van der Waals surface area contributed by atoms with Gasteiger partial charge in [0.1, 0.15) is 0 Å². The average molecular weight is 348 g/mol. The molecule has 2 saturated heterocycles. The van der Waals surface area contributed by atoms with Crippen LogP contribution >= 0.6 is 11.8 Å². The van der Waals surface area contributed by atoms with Crippen molar-refractivity contribution in [3.05, 3.63) is 35.4 Å².